The van der Waals surface area contributed by atoms with Gasteiger partial charge in [0.05, 0.1) is 5.92 Å². The molecule has 2 rings (SSSR count). The standard InChI is InChI=1S/C10H18N2O/c1-7-9(3-2-6-11-7)10(13)12-8-4-5-8/h7-9,11H,2-6H2,1H3,(H,12,13)/t7-,9-/m0/s1. The molecule has 1 heterocycles. The van der Waals surface area contributed by atoms with Crippen LogP contribution in [0.25, 0.3) is 0 Å². The van der Waals surface area contributed by atoms with Crippen LogP contribution in [0, 0.1) is 5.92 Å². The summed E-state index contributed by atoms with van der Waals surface area (Å²) in [5.41, 5.74) is 0. The van der Waals surface area contributed by atoms with Gasteiger partial charge in [0.15, 0.2) is 0 Å². The molecule has 2 aliphatic rings. The van der Waals surface area contributed by atoms with Crippen molar-refractivity contribution < 1.29 is 4.79 Å². The largest absolute Gasteiger partial charge is 0.353 e. The second-order valence-electron chi connectivity index (χ2n) is 4.27. The van der Waals surface area contributed by atoms with Crippen molar-refractivity contribution in [2.75, 3.05) is 6.54 Å². The van der Waals surface area contributed by atoms with Crippen molar-refractivity contribution in [3.63, 3.8) is 0 Å². The van der Waals surface area contributed by atoms with Gasteiger partial charge >= 0.3 is 0 Å². The summed E-state index contributed by atoms with van der Waals surface area (Å²) in [7, 11) is 0. The Balaban J connectivity index is 1.85. The van der Waals surface area contributed by atoms with E-state index in [4.69, 9.17) is 0 Å². The maximum Gasteiger partial charge on any atom is 0.224 e. The van der Waals surface area contributed by atoms with E-state index in [0.717, 1.165) is 19.4 Å². The first-order valence-corrected chi connectivity index (χ1v) is 5.31. The van der Waals surface area contributed by atoms with Gasteiger partial charge in [-0.25, -0.2) is 0 Å². The lowest BCUT2D eigenvalue weighted by Gasteiger charge is -2.28. The van der Waals surface area contributed by atoms with Crippen LogP contribution in [0.4, 0.5) is 0 Å². The average Bonchev–Trinajstić information content (AvgIpc) is 2.89. The number of piperidine rings is 1. The molecule has 0 radical (unpaired) electrons. The molecule has 0 aromatic heterocycles. The first-order valence-electron chi connectivity index (χ1n) is 5.31. The van der Waals surface area contributed by atoms with E-state index in [2.05, 4.69) is 17.6 Å². The van der Waals surface area contributed by atoms with Crippen molar-refractivity contribution in [1.82, 2.24) is 10.6 Å². The third-order valence-electron chi connectivity index (χ3n) is 3.02. The highest BCUT2D eigenvalue weighted by atomic mass is 16.2. The lowest BCUT2D eigenvalue weighted by molar-refractivity contribution is -0.126. The molecule has 1 saturated carbocycles. The van der Waals surface area contributed by atoms with E-state index in [1.54, 1.807) is 0 Å². The Labute approximate surface area is 79.3 Å². The molecule has 1 saturated heterocycles. The number of hydrogen-bond donors (Lipinski definition) is 2. The fourth-order valence-corrected chi connectivity index (χ4v) is 1.94. The van der Waals surface area contributed by atoms with Gasteiger partial charge in [0, 0.05) is 12.1 Å². The van der Waals surface area contributed by atoms with Gasteiger partial charge < -0.3 is 10.6 Å². The highest BCUT2D eigenvalue weighted by Crippen LogP contribution is 2.22. The summed E-state index contributed by atoms with van der Waals surface area (Å²) in [4.78, 5) is 11.7. The number of nitrogens with one attached hydrogen (secondary N) is 2. The van der Waals surface area contributed by atoms with Crippen molar-refractivity contribution in [2.45, 2.75) is 44.7 Å². The SMILES string of the molecule is C[C@@H]1NCCC[C@@H]1C(=O)NC1CC1. The maximum absolute atomic E-state index is 11.7. The zero-order valence-electron chi connectivity index (χ0n) is 8.18. The molecule has 0 bridgehead atoms. The molecule has 13 heavy (non-hydrogen) atoms. The Hall–Kier alpha value is -0.570. The molecular weight excluding hydrogens is 164 g/mol. The van der Waals surface area contributed by atoms with E-state index in [1.807, 2.05) is 0 Å². The molecule has 0 spiro atoms. The minimum atomic E-state index is 0.203. The lowest BCUT2D eigenvalue weighted by atomic mass is 9.91. The van der Waals surface area contributed by atoms with Crippen LogP contribution >= 0.6 is 0 Å². The van der Waals surface area contributed by atoms with Crippen LogP contribution in [-0.4, -0.2) is 24.5 Å². The predicted molar refractivity (Wildman–Crippen MR) is 51.4 cm³/mol. The summed E-state index contributed by atoms with van der Waals surface area (Å²) in [5.74, 6) is 0.469. The van der Waals surface area contributed by atoms with Crippen molar-refractivity contribution in [3.05, 3.63) is 0 Å². The zero-order chi connectivity index (χ0) is 9.26. The van der Waals surface area contributed by atoms with E-state index in [0.29, 0.717) is 12.1 Å². The van der Waals surface area contributed by atoms with Crippen LogP contribution in [0.3, 0.4) is 0 Å². The molecule has 1 aliphatic heterocycles. The molecule has 0 aromatic rings. The van der Waals surface area contributed by atoms with Gasteiger partial charge in [-0.15, -0.1) is 0 Å². The Kier molecular flexibility index (Phi) is 2.54. The van der Waals surface area contributed by atoms with Crippen LogP contribution in [0.2, 0.25) is 0 Å². The fourth-order valence-electron chi connectivity index (χ4n) is 1.94. The zero-order valence-corrected chi connectivity index (χ0v) is 8.18. The molecule has 74 valence electrons. The fraction of sp³-hybridized carbons (Fsp3) is 0.900. The average molecular weight is 182 g/mol. The lowest BCUT2D eigenvalue weighted by Crippen LogP contribution is -2.47. The van der Waals surface area contributed by atoms with Crippen molar-refractivity contribution >= 4 is 5.91 Å². The summed E-state index contributed by atoms with van der Waals surface area (Å²) >= 11 is 0. The van der Waals surface area contributed by atoms with Crippen LogP contribution in [-0.2, 0) is 4.79 Å². The van der Waals surface area contributed by atoms with E-state index in [9.17, 15) is 4.79 Å². The second kappa shape index (κ2) is 3.66. The maximum atomic E-state index is 11.7. The molecule has 0 aromatic carbocycles. The minimum Gasteiger partial charge on any atom is -0.353 e. The molecule has 3 heteroatoms. The highest BCUT2D eigenvalue weighted by Gasteiger charge is 2.31. The third kappa shape index (κ3) is 2.21. The van der Waals surface area contributed by atoms with Gasteiger partial charge in [-0.3, -0.25) is 4.79 Å². The summed E-state index contributed by atoms with van der Waals surface area (Å²) in [5, 5.41) is 6.42. The number of carbonyl (C=O) groups excluding carboxylic acids is 1. The molecule has 2 fully saturated rings. The van der Waals surface area contributed by atoms with E-state index in [1.165, 1.54) is 12.8 Å². The monoisotopic (exact) mass is 182 g/mol. The number of rotatable bonds is 2. The molecule has 2 N–H and O–H groups in total. The van der Waals surface area contributed by atoms with E-state index >= 15 is 0 Å². The van der Waals surface area contributed by atoms with E-state index in [-0.39, 0.29) is 11.8 Å². The normalized spacial score (nSPS) is 34.2. The quantitative estimate of drug-likeness (QED) is 0.658. The first-order chi connectivity index (χ1) is 6.27. The predicted octanol–water partition coefficient (Wildman–Crippen LogP) is 0.653. The van der Waals surface area contributed by atoms with Gasteiger partial charge in [-0.05, 0) is 39.2 Å². The van der Waals surface area contributed by atoms with Crippen LogP contribution < -0.4 is 10.6 Å². The van der Waals surface area contributed by atoms with E-state index < -0.39 is 0 Å². The summed E-state index contributed by atoms with van der Waals surface area (Å²) in [6, 6.07) is 0.856. The second-order valence-corrected chi connectivity index (χ2v) is 4.27. The number of hydrogen-bond acceptors (Lipinski definition) is 2. The minimum absolute atomic E-state index is 0.203. The topological polar surface area (TPSA) is 41.1 Å². The van der Waals surface area contributed by atoms with Gasteiger partial charge in [0.25, 0.3) is 0 Å². The Bertz CT molecular complexity index is 201. The Morgan fingerprint density at radius 2 is 2.15 bits per heavy atom. The van der Waals surface area contributed by atoms with Crippen molar-refractivity contribution in [2.24, 2.45) is 5.92 Å². The third-order valence-corrected chi connectivity index (χ3v) is 3.02. The summed E-state index contributed by atoms with van der Waals surface area (Å²) in [6.07, 6.45) is 4.54. The van der Waals surface area contributed by atoms with Gasteiger partial charge in [-0.1, -0.05) is 0 Å². The Morgan fingerprint density at radius 3 is 2.77 bits per heavy atom. The molecule has 2 atom stereocenters. The van der Waals surface area contributed by atoms with Gasteiger partial charge in [0.1, 0.15) is 0 Å². The smallest absolute Gasteiger partial charge is 0.224 e. The van der Waals surface area contributed by atoms with Crippen molar-refractivity contribution in [1.29, 1.82) is 0 Å². The summed E-state index contributed by atoms with van der Waals surface area (Å²) < 4.78 is 0. The van der Waals surface area contributed by atoms with Crippen molar-refractivity contribution in [3.8, 4) is 0 Å². The van der Waals surface area contributed by atoms with Crippen LogP contribution in [0.5, 0.6) is 0 Å². The van der Waals surface area contributed by atoms with Gasteiger partial charge in [-0.2, -0.15) is 0 Å². The van der Waals surface area contributed by atoms with Crippen LogP contribution in [0.1, 0.15) is 32.6 Å². The molecule has 1 amide bonds. The summed E-state index contributed by atoms with van der Waals surface area (Å²) in [6.45, 7) is 3.17. The van der Waals surface area contributed by atoms with Gasteiger partial charge in [0.2, 0.25) is 5.91 Å². The first kappa shape index (κ1) is 9.00. The number of carbonyl (C=O) groups is 1. The molecule has 3 nitrogen and oxygen atoms in total. The molecule has 0 unspecified atom stereocenters. The highest BCUT2D eigenvalue weighted by molar-refractivity contribution is 5.80. The Morgan fingerprint density at radius 1 is 1.38 bits per heavy atom. The number of amides is 1. The molecular formula is C10H18N2O. The van der Waals surface area contributed by atoms with Crippen LogP contribution in [0.15, 0.2) is 0 Å². The molecule has 1 aliphatic carbocycles.